The molecule has 1 aromatic rings. The van der Waals surface area contributed by atoms with Crippen LogP contribution in [0.15, 0.2) is 12.4 Å². The van der Waals surface area contributed by atoms with Gasteiger partial charge in [0.1, 0.15) is 12.4 Å². The number of aromatic nitrogens is 2. The predicted octanol–water partition coefficient (Wildman–Crippen LogP) is 8.01. The van der Waals surface area contributed by atoms with Crippen LogP contribution >= 0.6 is 0 Å². The molecular formula is C26H51N2+. The number of aryl methyl sites for hydroxylation is 2. The van der Waals surface area contributed by atoms with Crippen LogP contribution in [0.1, 0.15) is 136 Å². The van der Waals surface area contributed by atoms with Crippen LogP contribution in [-0.4, -0.2) is 4.57 Å². The Morgan fingerprint density at radius 1 is 0.607 bits per heavy atom. The number of hydrogen-bond acceptors (Lipinski definition) is 0. The Morgan fingerprint density at radius 2 is 1.11 bits per heavy atom. The van der Waals surface area contributed by atoms with Gasteiger partial charge in [0.2, 0.25) is 0 Å². The van der Waals surface area contributed by atoms with Gasteiger partial charge in [-0.1, -0.05) is 97.8 Å². The third-order valence-corrected chi connectivity index (χ3v) is 6.10. The first-order valence-electron chi connectivity index (χ1n) is 12.9. The molecule has 0 unspecified atom stereocenters. The fraction of sp³-hybridized carbons (Fsp3) is 0.885. The Balaban J connectivity index is 2.41. The largest absolute Gasteiger partial charge is 0.256 e. The van der Waals surface area contributed by atoms with Crippen LogP contribution in [0.2, 0.25) is 0 Å². The topological polar surface area (TPSA) is 8.81 Å². The molecular weight excluding hydrogens is 340 g/mol. The Kier molecular flexibility index (Phi) is 16.5. The molecule has 2 heteroatoms. The molecule has 164 valence electrons. The summed E-state index contributed by atoms with van der Waals surface area (Å²) in [5.41, 5.74) is 0. The van der Waals surface area contributed by atoms with Gasteiger partial charge >= 0.3 is 0 Å². The van der Waals surface area contributed by atoms with Gasteiger partial charge in [0.15, 0.2) is 0 Å². The minimum Gasteiger partial charge on any atom is -0.234 e. The van der Waals surface area contributed by atoms with Gasteiger partial charge in [-0.25, -0.2) is 9.13 Å². The highest BCUT2D eigenvalue weighted by Gasteiger charge is 2.16. The summed E-state index contributed by atoms with van der Waals surface area (Å²) in [6, 6.07) is 0. The smallest absolute Gasteiger partial charge is 0.234 e. The van der Waals surface area contributed by atoms with E-state index in [1.165, 1.54) is 129 Å². The van der Waals surface area contributed by atoms with Crippen LogP contribution in [0.4, 0.5) is 0 Å². The number of imidazole rings is 1. The molecule has 0 aliphatic heterocycles. The van der Waals surface area contributed by atoms with Gasteiger partial charge in [0.05, 0.1) is 13.1 Å². The molecule has 0 bridgehead atoms. The summed E-state index contributed by atoms with van der Waals surface area (Å²) in [7, 11) is 0. The Labute approximate surface area is 177 Å². The van der Waals surface area contributed by atoms with E-state index < -0.39 is 0 Å². The third-order valence-electron chi connectivity index (χ3n) is 6.10. The van der Waals surface area contributed by atoms with Crippen LogP contribution in [0.3, 0.4) is 0 Å². The highest BCUT2D eigenvalue weighted by atomic mass is 15.1. The normalized spacial score (nSPS) is 11.4. The van der Waals surface area contributed by atoms with Crippen molar-refractivity contribution in [2.45, 2.75) is 149 Å². The van der Waals surface area contributed by atoms with Crippen molar-refractivity contribution in [2.24, 2.45) is 0 Å². The van der Waals surface area contributed by atoms with Gasteiger partial charge in [-0.3, -0.25) is 0 Å². The maximum atomic E-state index is 2.58. The second kappa shape index (κ2) is 18.3. The van der Waals surface area contributed by atoms with Crippen molar-refractivity contribution in [1.29, 1.82) is 0 Å². The summed E-state index contributed by atoms with van der Waals surface area (Å²) in [4.78, 5) is 0. The molecule has 0 atom stereocenters. The fourth-order valence-corrected chi connectivity index (χ4v) is 4.20. The van der Waals surface area contributed by atoms with Crippen molar-refractivity contribution in [3.63, 3.8) is 0 Å². The van der Waals surface area contributed by atoms with E-state index in [1.807, 2.05) is 0 Å². The molecule has 0 radical (unpaired) electrons. The maximum Gasteiger partial charge on any atom is 0.256 e. The zero-order valence-corrected chi connectivity index (χ0v) is 19.7. The van der Waals surface area contributed by atoms with Crippen molar-refractivity contribution in [3.8, 4) is 0 Å². The summed E-state index contributed by atoms with van der Waals surface area (Å²) in [6.45, 7) is 9.35. The molecule has 2 nitrogen and oxygen atoms in total. The van der Waals surface area contributed by atoms with Crippen LogP contribution < -0.4 is 4.57 Å². The van der Waals surface area contributed by atoms with E-state index in [0.29, 0.717) is 0 Å². The van der Waals surface area contributed by atoms with Gasteiger partial charge in [-0.15, -0.1) is 0 Å². The lowest BCUT2D eigenvalue weighted by molar-refractivity contribution is -0.704. The van der Waals surface area contributed by atoms with Crippen molar-refractivity contribution in [1.82, 2.24) is 4.57 Å². The van der Waals surface area contributed by atoms with Crippen LogP contribution in [0, 0.1) is 0 Å². The number of hydrogen-bond donors (Lipinski definition) is 0. The van der Waals surface area contributed by atoms with Crippen LogP contribution in [-0.2, 0) is 19.5 Å². The standard InChI is InChI=1S/C26H51N2/c1-4-7-10-13-15-17-20-23-28-25-24-27(22-19-16-14-11-8-5-2)26(28)21-18-12-9-6-3/h24-25H,4-23H2,1-3H3/q+1. The lowest BCUT2D eigenvalue weighted by atomic mass is 10.1. The number of nitrogens with zero attached hydrogens (tertiary/aromatic N) is 2. The highest BCUT2D eigenvalue weighted by Crippen LogP contribution is 2.11. The van der Waals surface area contributed by atoms with Crippen LogP contribution in [0.25, 0.3) is 0 Å². The quantitative estimate of drug-likeness (QED) is 0.157. The van der Waals surface area contributed by atoms with Crippen LogP contribution in [0.5, 0.6) is 0 Å². The lowest BCUT2D eigenvalue weighted by Gasteiger charge is -2.06. The Hall–Kier alpha value is -0.790. The summed E-state index contributed by atoms with van der Waals surface area (Å²) in [6.07, 6.45) is 29.6. The van der Waals surface area contributed by atoms with Gasteiger partial charge in [-0.05, 0) is 32.1 Å². The summed E-state index contributed by atoms with van der Waals surface area (Å²) in [5.74, 6) is 1.59. The molecule has 0 saturated heterocycles. The first-order valence-corrected chi connectivity index (χ1v) is 12.9. The molecule has 0 aromatic carbocycles. The molecule has 0 N–H and O–H groups in total. The summed E-state index contributed by atoms with van der Waals surface area (Å²) in [5, 5.41) is 0. The Bertz CT molecular complexity index is 449. The molecule has 0 fully saturated rings. The molecule has 1 aromatic heterocycles. The molecule has 28 heavy (non-hydrogen) atoms. The van der Waals surface area contributed by atoms with E-state index >= 15 is 0 Å². The minimum atomic E-state index is 1.22. The van der Waals surface area contributed by atoms with Gasteiger partial charge < -0.3 is 0 Å². The van der Waals surface area contributed by atoms with E-state index in [-0.39, 0.29) is 0 Å². The molecule has 0 spiro atoms. The van der Waals surface area contributed by atoms with Crippen molar-refractivity contribution in [2.75, 3.05) is 0 Å². The van der Waals surface area contributed by atoms with Crippen molar-refractivity contribution < 1.29 is 4.57 Å². The van der Waals surface area contributed by atoms with Gasteiger partial charge in [0, 0.05) is 6.42 Å². The SMILES string of the molecule is CCCCCCCCC[n+]1ccn(CCCCCCCC)c1CCCCCC. The summed E-state index contributed by atoms with van der Waals surface area (Å²) >= 11 is 0. The van der Waals surface area contributed by atoms with Crippen molar-refractivity contribution >= 4 is 0 Å². The van der Waals surface area contributed by atoms with Gasteiger partial charge in [0.25, 0.3) is 5.82 Å². The van der Waals surface area contributed by atoms with E-state index in [9.17, 15) is 0 Å². The maximum absolute atomic E-state index is 2.58. The van der Waals surface area contributed by atoms with E-state index in [1.54, 1.807) is 5.82 Å². The predicted molar refractivity (Wildman–Crippen MR) is 124 cm³/mol. The molecule has 0 amide bonds. The molecule has 0 aliphatic carbocycles. The first-order chi connectivity index (χ1) is 13.8. The van der Waals surface area contributed by atoms with Crippen molar-refractivity contribution in [3.05, 3.63) is 18.2 Å². The number of rotatable bonds is 20. The second-order valence-corrected chi connectivity index (χ2v) is 8.80. The zero-order valence-electron chi connectivity index (χ0n) is 19.7. The average Bonchev–Trinajstić information content (AvgIpc) is 3.09. The van der Waals surface area contributed by atoms with Gasteiger partial charge in [-0.2, -0.15) is 0 Å². The third kappa shape index (κ3) is 11.9. The Morgan fingerprint density at radius 3 is 1.71 bits per heavy atom. The summed E-state index contributed by atoms with van der Waals surface area (Å²) < 4.78 is 5.15. The molecule has 0 aliphatic rings. The fourth-order valence-electron chi connectivity index (χ4n) is 4.20. The number of unbranched alkanes of at least 4 members (excludes halogenated alkanes) is 14. The first kappa shape index (κ1) is 25.2. The average molecular weight is 392 g/mol. The lowest BCUT2D eigenvalue weighted by Crippen LogP contribution is -2.37. The molecule has 1 heterocycles. The van der Waals surface area contributed by atoms with E-state index in [0.717, 1.165) is 0 Å². The minimum absolute atomic E-state index is 1.22. The van der Waals surface area contributed by atoms with E-state index in [4.69, 9.17) is 0 Å². The molecule has 0 saturated carbocycles. The zero-order chi connectivity index (χ0) is 20.3. The highest BCUT2D eigenvalue weighted by molar-refractivity contribution is 4.84. The second-order valence-electron chi connectivity index (χ2n) is 8.80. The van der Waals surface area contributed by atoms with E-state index in [2.05, 4.69) is 42.3 Å². The monoisotopic (exact) mass is 391 g/mol. The molecule has 1 rings (SSSR count).